The lowest BCUT2D eigenvalue weighted by atomic mass is 10.2. The lowest BCUT2D eigenvalue weighted by Gasteiger charge is -2.11. The maximum absolute atomic E-state index is 12.7. The van der Waals surface area contributed by atoms with E-state index in [1.165, 1.54) is 42.2 Å². The summed E-state index contributed by atoms with van der Waals surface area (Å²) < 4.78 is 29.5. The fourth-order valence-corrected chi connectivity index (χ4v) is 5.28. The number of carbonyl (C=O) groups excluding carboxylic acids is 1. The molecule has 190 valence electrons. The maximum Gasteiger partial charge on any atom is 0.263 e. The van der Waals surface area contributed by atoms with E-state index in [9.17, 15) is 13.2 Å². The summed E-state index contributed by atoms with van der Waals surface area (Å²) in [6.45, 7) is 0. The van der Waals surface area contributed by atoms with Crippen LogP contribution < -0.4 is 10.0 Å². The number of anilines is 2. The van der Waals surface area contributed by atoms with Crippen molar-refractivity contribution in [3.8, 4) is 17.1 Å². The molecule has 0 aliphatic rings. The number of aromatic nitrogens is 5. The number of rotatable bonds is 9. The average Bonchev–Trinajstić information content (AvgIpc) is 3.37. The number of nitrogens with one attached hydrogen (secondary N) is 2. The summed E-state index contributed by atoms with van der Waals surface area (Å²) in [4.78, 5) is 20.9. The first kappa shape index (κ1) is 25.1. The number of pyridine rings is 2. The summed E-state index contributed by atoms with van der Waals surface area (Å²) in [5, 5.41) is 12.0. The number of nitrogens with zero attached hydrogens (tertiary/aromatic N) is 5. The topological polar surface area (TPSA) is 132 Å². The number of hydrogen-bond acceptors (Lipinski definition) is 8. The van der Waals surface area contributed by atoms with Crippen LogP contribution in [0, 0.1) is 0 Å². The minimum Gasteiger partial charge on any atom is -0.325 e. The highest BCUT2D eigenvalue weighted by molar-refractivity contribution is 7.99. The summed E-state index contributed by atoms with van der Waals surface area (Å²) >= 11 is 1.24. The number of hydrogen-bond donors (Lipinski definition) is 2. The average molecular weight is 544 g/mol. The quantitative estimate of drug-likeness (QED) is 0.264. The predicted molar refractivity (Wildman–Crippen MR) is 145 cm³/mol. The Balaban J connectivity index is 1.27. The van der Waals surface area contributed by atoms with Crippen LogP contribution in [-0.2, 0) is 14.8 Å². The van der Waals surface area contributed by atoms with Crippen molar-refractivity contribution in [1.82, 2.24) is 24.7 Å². The highest BCUT2D eigenvalue weighted by atomic mass is 32.2. The first-order chi connectivity index (χ1) is 18.5. The van der Waals surface area contributed by atoms with E-state index in [0.29, 0.717) is 16.7 Å². The van der Waals surface area contributed by atoms with Crippen molar-refractivity contribution in [3.63, 3.8) is 0 Å². The fourth-order valence-electron chi connectivity index (χ4n) is 3.52. The van der Waals surface area contributed by atoms with Gasteiger partial charge in [0, 0.05) is 35.5 Å². The molecule has 5 rings (SSSR count). The molecule has 0 aliphatic carbocycles. The van der Waals surface area contributed by atoms with Crippen molar-refractivity contribution in [3.05, 3.63) is 104 Å². The van der Waals surface area contributed by atoms with E-state index in [2.05, 4.69) is 30.2 Å². The normalized spacial score (nSPS) is 11.2. The van der Waals surface area contributed by atoms with Crippen LogP contribution in [0.3, 0.4) is 0 Å². The zero-order valence-corrected chi connectivity index (χ0v) is 21.4. The molecule has 0 bridgehead atoms. The van der Waals surface area contributed by atoms with Crippen LogP contribution in [0.5, 0.6) is 0 Å². The molecule has 38 heavy (non-hydrogen) atoms. The van der Waals surface area contributed by atoms with Crippen LogP contribution in [-0.4, -0.2) is 44.8 Å². The van der Waals surface area contributed by atoms with Gasteiger partial charge in [0.05, 0.1) is 10.6 Å². The van der Waals surface area contributed by atoms with Crippen molar-refractivity contribution in [1.29, 1.82) is 0 Å². The van der Waals surface area contributed by atoms with Gasteiger partial charge in [-0.25, -0.2) is 13.4 Å². The number of carbonyl (C=O) groups is 1. The Hall–Kier alpha value is -4.55. The van der Waals surface area contributed by atoms with Crippen LogP contribution in [0.15, 0.2) is 114 Å². The first-order valence-corrected chi connectivity index (χ1v) is 13.8. The minimum absolute atomic E-state index is 0.0504. The summed E-state index contributed by atoms with van der Waals surface area (Å²) in [7, 11) is -3.81. The zero-order chi connectivity index (χ0) is 26.4. The van der Waals surface area contributed by atoms with Crippen LogP contribution in [0.25, 0.3) is 17.1 Å². The Morgan fingerprint density at radius 3 is 2.37 bits per heavy atom. The molecular formula is C26H21N7O3S2. The lowest BCUT2D eigenvalue weighted by molar-refractivity contribution is -0.113. The third kappa shape index (κ3) is 5.88. The van der Waals surface area contributed by atoms with Crippen molar-refractivity contribution in [2.24, 2.45) is 0 Å². The molecule has 0 unspecified atom stereocenters. The molecule has 2 N–H and O–H groups in total. The van der Waals surface area contributed by atoms with Gasteiger partial charge in [-0.05, 0) is 60.7 Å². The molecule has 10 nitrogen and oxygen atoms in total. The summed E-state index contributed by atoms with van der Waals surface area (Å²) in [5.41, 5.74) is 2.12. The smallest absolute Gasteiger partial charge is 0.263 e. The maximum atomic E-state index is 12.7. The van der Waals surface area contributed by atoms with E-state index in [-0.39, 0.29) is 22.4 Å². The molecule has 0 atom stereocenters. The third-order valence-electron chi connectivity index (χ3n) is 5.25. The van der Waals surface area contributed by atoms with Crippen LogP contribution in [0.2, 0.25) is 0 Å². The molecule has 3 heterocycles. The van der Waals surface area contributed by atoms with Crippen molar-refractivity contribution in [2.45, 2.75) is 10.1 Å². The van der Waals surface area contributed by atoms with Crippen LogP contribution in [0.1, 0.15) is 0 Å². The molecular weight excluding hydrogens is 522 g/mol. The van der Waals surface area contributed by atoms with E-state index < -0.39 is 10.0 Å². The molecule has 2 aromatic carbocycles. The van der Waals surface area contributed by atoms with E-state index in [1.807, 2.05) is 47.0 Å². The van der Waals surface area contributed by atoms with Gasteiger partial charge in [-0.2, -0.15) is 0 Å². The Morgan fingerprint density at radius 1 is 0.868 bits per heavy atom. The standard InChI is InChI=1S/C26H21N7O3S2/c34-24(29-20-11-13-22(14-12-20)38(35,36)32-23-10-4-5-16-28-23)18-37-26-31-30-25(19-7-6-15-27-17-19)33(26)21-8-2-1-3-9-21/h1-17H,18H2,(H,28,32)(H,29,34). The summed E-state index contributed by atoms with van der Waals surface area (Å²) in [6.07, 6.45) is 4.89. The fraction of sp³-hybridized carbons (Fsp3) is 0.0385. The molecule has 0 saturated carbocycles. The third-order valence-corrected chi connectivity index (χ3v) is 7.55. The van der Waals surface area contributed by atoms with Gasteiger partial charge in [0.25, 0.3) is 10.0 Å². The van der Waals surface area contributed by atoms with E-state index in [4.69, 9.17) is 0 Å². The molecule has 5 aromatic rings. The second-order valence-corrected chi connectivity index (χ2v) is 10.5. The predicted octanol–water partition coefficient (Wildman–Crippen LogP) is 4.26. The van der Waals surface area contributed by atoms with Crippen molar-refractivity contribution in [2.75, 3.05) is 15.8 Å². The monoisotopic (exact) mass is 543 g/mol. The molecule has 12 heteroatoms. The van der Waals surface area contributed by atoms with Gasteiger partial charge in [0.2, 0.25) is 5.91 Å². The van der Waals surface area contributed by atoms with E-state index >= 15 is 0 Å². The Morgan fingerprint density at radius 2 is 1.66 bits per heavy atom. The zero-order valence-electron chi connectivity index (χ0n) is 19.8. The summed E-state index contributed by atoms with van der Waals surface area (Å²) in [6, 6.07) is 24.2. The van der Waals surface area contributed by atoms with Gasteiger partial charge in [0.1, 0.15) is 5.82 Å². The molecule has 0 fully saturated rings. The molecule has 3 aromatic heterocycles. The Labute approximate surface area is 223 Å². The van der Waals surface area contributed by atoms with Gasteiger partial charge < -0.3 is 5.32 Å². The first-order valence-electron chi connectivity index (χ1n) is 11.4. The van der Waals surface area contributed by atoms with Gasteiger partial charge in [0.15, 0.2) is 11.0 Å². The second kappa shape index (κ2) is 11.2. The molecule has 0 aliphatic heterocycles. The van der Waals surface area contributed by atoms with E-state index in [0.717, 1.165) is 11.3 Å². The highest BCUT2D eigenvalue weighted by Crippen LogP contribution is 2.27. The Kier molecular flexibility index (Phi) is 7.43. The Bertz CT molecular complexity index is 1630. The van der Waals surface area contributed by atoms with Gasteiger partial charge >= 0.3 is 0 Å². The molecule has 0 saturated heterocycles. The highest BCUT2D eigenvalue weighted by Gasteiger charge is 2.18. The van der Waals surface area contributed by atoms with Crippen LogP contribution in [0.4, 0.5) is 11.5 Å². The number of thioether (sulfide) groups is 1. The van der Waals surface area contributed by atoms with E-state index in [1.54, 1.807) is 30.6 Å². The van der Waals surface area contributed by atoms with Gasteiger partial charge in [-0.3, -0.25) is 19.1 Å². The minimum atomic E-state index is -3.81. The van der Waals surface area contributed by atoms with Crippen molar-refractivity contribution >= 4 is 39.2 Å². The second-order valence-electron chi connectivity index (χ2n) is 7.90. The number of para-hydroxylation sites is 1. The number of benzene rings is 2. The van der Waals surface area contributed by atoms with Gasteiger partial charge in [-0.15, -0.1) is 10.2 Å². The molecule has 0 spiro atoms. The number of sulfonamides is 1. The SMILES string of the molecule is O=C(CSc1nnc(-c2cccnc2)n1-c1ccccc1)Nc1ccc(S(=O)(=O)Nc2ccccn2)cc1. The summed E-state index contributed by atoms with van der Waals surface area (Å²) in [5.74, 6) is 0.627. The molecule has 1 amide bonds. The van der Waals surface area contributed by atoms with Gasteiger partial charge in [-0.1, -0.05) is 36.0 Å². The number of amides is 1. The largest absolute Gasteiger partial charge is 0.325 e. The van der Waals surface area contributed by atoms with Crippen molar-refractivity contribution < 1.29 is 13.2 Å². The molecule has 0 radical (unpaired) electrons. The lowest BCUT2D eigenvalue weighted by Crippen LogP contribution is -2.16. The van der Waals surface area contributed by atoms with Crippen LogP contribution >= 0.6 is 11.8 Å².